The summed E-state index contributed by atoms with van der Waals surface area (Å²) in [5.74, 6) is 0.941. The van der Waals surface area contributed by atoms with Crippen LogP contribution in [-0.2, 0) is 0 Å². The molecule has 0 bridgehead atoms. The van der Waals surface area contributed by atoms with E-state index in [1.165, 1.54) is 33.4 Å². The van der Waals surface area contributed by atoms with E-state index in [1.54, 1.807) is 7.11 Å². The molecule has 0 aliphatic carbocycles. The minimum Gasteiger partial charge on any atom is -0.496 e. The van der Waals surface area contributed by atoms with Gasteiger partial charge in [-0.25, -0.2) is 0 Å². The maximum Gasteiger partial charge on any atom is 0.122 e. The first kappa shape index (κ1) is 16.1. The molecule has 0 N–H and O–H groups in total. The molecule has 1 atom stereocenters. The second-order valence-electron chi connectivity index (χ2n) is 5.77. The van der Waals surface area contributed by atoms with Crippen molar-refractivity contribution in [2.75, 3.05) is 7.11 Å². The monoisotopic (exact) mass is 346 g/mol. The van der Waals surface area contributed by atoms with Crippen LogP contribution in [0.25, 0.3) is 0 Å². The summed E-state index contributed by atoms with van der Waals surface area (Å²) in [6, 6.07) is 8.69. The lowest BCUT2D eigenvalue weighted by Gasteiger charge is -2.21. The van der Waals surface area contributed by atoms with Gasteiger partial charge in [0.15, 0.2) is 0 Å². The molecule has 0 aliphatic heterocycles. The van der Waals surface area contributed by atoms with Crippen molar-refractivity contribution in [1.82, 2.24) is 0 Å². The predicted octanol–water partition coefficient (Wildman–Crippen LogP) is 5.72. The van der Waals surface area contributed by atoms with Gasteiger partial charge in [-0.1, -0.05) is 34.1 Å². The first-order chi connectivity index (χ1) is 9.86. The number of ether oxygens (including phenoxy) is 1. The van der Waals surface area contributed by atoms with E-state index in [1.807, 2.05) is 0 Å². The Labute approximate surface area is 136 Å². The van der Waals surface area contributed by atoms with Crippen LogP contribution in [-0.4, -0.2) is 7.11 Å². The van der Waals surface area contributed by atoms with Crippen molar-refractivity contribution >= 4 is 15.9 Å². The van der Waals surface area contributed by atoms with Gasteiger partial charge in [0.05, 0.1) is 11.9 Å². The van der Waals surface area contributed by atoms with E-state index in [9.17, 15) is 0 Å². The first-order valence-corrected chi connectivity index (χ1v) is 8.14. The Morgan fingerprint density at radius 3 is 1.95 bits per heavy atom. The standard InChI is InChI=1S/C19H23BrO/c1-11-7-8-16(10-17(11)21-6)19(20)18-14(4)12(2)9-13(3)15(18)5/h7-10,19H,1-6H3. The molecule has 0 saturated carbocycles. The smallest absolute Gasteiger partial charge is 0.122 e. The van der Waals surface area contributed by atoms with Crippen LogP contribution < -0.4 is 4.74 Å². The highest BCUT2D eigenvalue weighted by molar-refractivity contribution is 9.09. The first-order valence-electron chi connectivity index (χ1n) is 7.22. The fourth-order valence-electron chi connectivity index (χ4n) is 2.79. The van der Waals surface area contributed by atoms with Crippen LogP contribution in [0.5, 0.6) is 5.75 Å². The fraction of sp³-hybridized carbons (Fsp3) is 0.368. The lowest BCUT2D eigenvalue weighted by atomic mass is 9.90. The van der Waals surface area contributed by atoms with E-state index in [0.717, 1.165) is 11.3 Å². The third-order valence-electron chi connectivity index (χ3n) is 4.40. The van der Waals surface area contributed by atoms with Gasteiger partial charge in [0.1, 0.15) is 5.75 Å². The summed E-state index contributed by atoms with van der Waals surface area (Å²) in [4.78, 5) is 0.186. The lowest BCUT2D eigenvalue weighted by molar-refractivity contribution is 0.411. The van der Waals surface area contributed by atoms with Gasteiger partial charge in [-0.2, -0.15) is 0 Å². The minimum atomic E-state index is 0.186. The Morgan fingerprint density at radius 2 is 1.43 bits per heavy atom. The number of rotatable bonds is 3. The average molecular weight is 347 g/mol. The van der Waals surface area contributed by atoms with E-state index in [0.29, 0.717) is 0 Å². The zero-order chi connectivity index (χ0) is 15.7. The average Bonchev–Trinajstić information content (AvgIpc) is 2.45. The molecule has 0 spiro atoms. The lowest BCUT2D eigenvalue weighted by Crippen LogP contribution is -2.03. The predicted molar refractivity (Wildman–Crippen MR) is 93.9 cm³/mol. The largest absolute Gasteiger partial charge is 0.496 e. The molecule has 2 heteroatoms. The summed E-state index contributed by atoms with van der Waals surface area (Å²) in [7, 11) is 1.72. The molecule has 0 saturated heterocycles. The van der Waals surface area contributed by atoms with Crippen molar-refractivity contribution in [2.45, 2.75) is 39.4 Å². The van der Waals surface area contributed by atoms with E-state index in [4.69, 9.17) is 4.74 Å². The second kappa shape index (κ2) is 6.23. The highest BCUT2D eigenvalue weighted by Crippen LogP contribution is 2.38. The molecule has 0 radical (unpaired) electrons. The molecule has 112 valence electrons. The molecule has 1 unspecified atom stereocenters. The second-order valence-corrected chi connectivity index (χ2v) is 6.68. The highest BCUT2D eigenvalue weighted by Gasteiger charge is 2.18. The van der Waals surface area contributed by atoms with E-state index in [2.05, 4.69) is 74.8 Å². The van der Waals surface area contributed by atoms with Crippen LogP contribution in [0.15, 0.2) is 24.3 Å². The number of benzene rings is 2. The Kier molecular flexibility index (Phi) is 4.77. The van der Waals surface area contributed by atoms with Gasteiger partial charge in [-0.05, 0) is 79.6 Å². The van der Waals surface area contributed by atoms with Gasteiger partial charge in [-0.15, -0.1) is 0 Å². The van der Waals surface area contributed by atoms with Gasteiger partial charge >= 0.3 is 0 Å². The Hall–Kier alpha value is -1.28. The van der Waals surface area contributed by atoms with E-state index >= 15 is 0 Å². The maximum absolute atomic E-state index is 5.46. The molecule has 0 fully saturated rings. The number of alkyl halides is 1. The molecular formula is C19H23BrO. The molecule has 21 heavy (non-hydrogen) atoms. The Bertz CT molecular complexity index is 648. The zero-order valence-corrected chi connectivity index (χ0v) is 15.3. The molecule has 2 rings (SSSR count). The number of hydrogen-bond donors (Lipinski definition) is 0. The van der Waals surface area contributed by atoms with Crippen LogP contribution in [0, 0.1) is 34.6 Å². The van der Waals surface area contributed by atoms with Crippen molar-refractivity contribution in [3.63, 3.8) is 0 Å². The van der Waals surface area contributed by atoms with Crippen LogP contribution in [0.3, 0.4) is 0 Å². The van der Waals surface area contributed by atoms with Gasteiger partial charge in [0, 0.05) is 0 Å². The van der Waals surface area contributed by atoms with Gasteiger partial charge in [0.25, 0.3) is 0 Å². The summed E-state index contributed by atoms with van der Waals surface area (Å²) < 4.78 is 5.46. The molecule has 0 aromatic heterocycles. The molecule has 2 aromatic rings. The van der Waals surface area contributed by atoms with Crippen molar-refractivity contribution in [3.8, 4) is 5.75 Å². The molecule has 2 aromatic carbocycles. The Morgan fingerprint density at radius 1 is 0.857 bits per heavy atom. The summed E-state index contributed by atoms with van der Waals surface area (Å²) >= 11 is 3.90. The van der Waals surface area contributed by atoms with Gasteiger partial charge in [-0.3, -0.25) is 0 Å². The minimum absolute atomic E-state index is 0.186. The number of halogens is 1. The van der Waals surface area contributed by atoms with Crippen molar-refractivity contribution in [1.29, 1.82) is 0 Å². The molecular weight excluding hydrogens is 324 g/mol. The fourth-order valence-corrected chi connectivity index (χ4v) is 3.76. The number of hydrogen-bond acceptors (Lipinski definition) is 1. The Balaban J connectivity index is 2.57. The zero-order valence-electron chi connectivity index (χ0n) is 13.7. The summed E-state index contributed by atoms with van der Waals surface area (Å²) in [5.41, 5.74) is 9.18. The summed E-state index contributed by atoms with van der Waals surface area (Å²) in [6.07, 6.45) is 0. The number of methoxy groups -OCH3 is 1. The van der Waals surface area contributed by atoms with Crippen LogP contribution in [0.4, 0.5) is 0 Å². The van der Waals surface area contributed by atoms with Gasteiger partial charge in [0.2, 0.25) is 0 Å². The maximum atomic E-state index is 5.46. The third-order valence-corrected chi connectivity index (χ3v) is 5.39. The normalized spacial score (nSPS) is 12.3. The molecule has 1 nitrogen and oxygen atoms in total. The number of aryl methyl sites for hydroxylation is 3. The van der Waals surface area contributed by atoms with E-state index in [-0.39, 0.29) is 4.83 Å². The highest BCUT2D eigenvalue weighted by atomic mass is 79.9. The van der Waals surface area contributed by atoms with Crippen molar-refractivity contribution in [3.05, 3.63) is 63.2 Å². The molecule has 0 aliphatic rings. The van der Waals surface area contributed by atoms with Crippen molar-refractivity contribution in [2.24, 2.45) is 0 Å². The van der Waals surface area contributed by atoms with Crippen molar-refractivity contribution < 1.29 is 4.74 Å². The summed E-state index contributed by atoms with van der Waals surface area (Å²) in [5, 5.41) is 0. The van der Waals surface area contributed by atoms with Crippen LogP contribution in [0.1, 0.15) is 43.8 Å². The molecule has 0 heterocycles. The summed E-state index contributed by atoms with van der Waals surface area (Å²) in [6.45, 7) is 10.8. The molecule has 0 amide bonds. The van der Waals surface area contributed by atoms with Crippen LogP contribution in [0.2, 0.25) is 0 Å². The van der Waals surface area contributed by atoms with Crippen LogP contribution >= 0.6 is 15.9 Å². The van der Waals surface area contributed by atoms with E-state index < -0.39 is 0 Å². The SMILES string of the molecule is COc1cc(C(Br)c2c(C)c(C)cc(C)c2C)ccc1C. The topological polar surface area (TPSA) is 9.23 Å². The quantitative estimate of drug-likeness (QED) is 0.645. The third kappa shape index (κ3) is 3.01. The van der Waals surface area contributed by atoms with Gasteiger partial charge < -0.3 is 4.74 Å².